The lowest BCUT2D eigenvalue weighted by Crippen LogP contribution is -2.47. The van der Waals surface area contributed by atoms with E-state index < -0.39 is 23.5 Å². The predicted octanol–water partition coefficient (Wildman–Crippen LogP) is 2.79. The van der Waals surface area contributed by atoms with Crippen LogP contribution in [0.25, 0.3) is 0 Å². The first-order valence-electron chi connectivity index (χ1n) is 5.87. The quantitative estimate of drug-likeness (QED) is 0.728. The summed E-state index contributed by atoms with van der Waals surface area (Å²) in [6, 6.07) is 1.70. The van der Waals surface area contributed by atoms with Crippen LogP contribution in [0.5, 0.6) is 0 Å². The van der Waals surface area contributed by atoms with Gasteiger partial charge in [-0.05, 0) is 33.6 Å². The van der Waals surface area contributed by atoms with Crippen molar-refractivity contribution in [1.29, 1.82) is 5.26 Å². The zero-order valence-electron chi connectivity index (χ0n) is 10.9. The highest BCUT2D eigenvalue weighted by Crippen LogP contribution is 2.37. The molecule has 1 saturated heterocycles. The molecule has 0 aliphatic carbocycles. The van der Waals surface area contributed by atoms with Gasteiger partial charge in [-0.1, -0.05) is 0 Å². The summed E-state index contributed by atoms with van der Waals surface area (Å²) in [5.41, 5.74) is -2.22. The van der Waals surface area contributed by atoms with E-state index in [0.29, 0.717) is 0 Å². The predicted molar refractivity (Wildman–Crippen MR) is 61.1 cm³/mol. The summed E-state index contributed by atoms with van der Waals surface area (Å²) in [7, 11) is 0. The van der Waals surface area contributed by atoms with Crippen LogP contribution < -0.4 is 0 Å². The minimum absolute atomic E-state index is 0.0135. The Morgan fingerprint density at radius 1 is 1.39 bits per heavy atom. The van der Waals surface area contributed by atoms with E-state index in [2.05, 4.69) is 0 Å². The van der Waals surface area contributed by atoms with E-state index in [0.717, 1.165) is 0 Å². The molecule has 4 nitrogen and oxygen atoms in total. The molecular formula is C12H18F2N2O2. The van der Waals surface area contributed by atoms with Crippen molar-refractivity contribution in [2.45, 2.75) is 45.6 Å². The number of hydrogen-bond donors (Lipinski definition) is 0. The van der Waals surface area contributed by atoms with E-state index in [9.17, 15) is 13.6 Å². The number of rotatable bonds is 1. The smallest absolute Gasteiger partial charge is 0.410 e. The Labute approximate surface area is 106 Å². The normalized spacial score (nSPS) is 19.5. The number of carbonyl (C=O) groups is 1. The SMILES string of the molecule is CC(C)(C)OC(=O)N1CCC(C#N)(C(F)F)CC1. The highest BCUT2D eigenvalue weighted by atomic mass is 19.3. The van der Waals surface area contributed by atoms with E-state index in [-0.39, 0.29) is 25.9 Å². The van der Waals surface area contributed by atoms with Gasteiger partial charge in [0.15, 0.2) is 0 Å². The van der Waals surface area contributed by atoms with Gasteiger partial charge in [-0.15, -0.1) is 0 Å². The van der Waals surface area contributed by atoms with Gasteiger partial charge in [0.05, 0.1) is 6.07 Å². The first-order valence-corrected chi connectivity index (χ1v) is 5.87. The van der Waals surface area contributed by atoms with Crippen LogP contribution in [0.1, 0.15) is 33.6 Å². The van der Waals surface area contributed by atoms with Crippen LogP contribution in [0.2, 0.25) is 0 Å². The maximum atomic E-state index is 12.8. The lowest BCUT2D eigenvalue weighted by Gasteiger charge is -2.37. The number of nitriles is 1. The first kappa shape index (κ1) is 14.7. The van der Waals surface area contributed by atoms with Crippen LogP contribution in [-0.2, 0) is 4.74 Å². The van der Waals surface area contributed by atoms with E-state index in [1.807, 2.05) is 0 Å². The Balaban J connectivity index is 2.59. The second-order valence-corrected chi connectivity index (χ2v) is 5.54. The molecular weight excluding hydrogens is 242 g/mol. The molecule has 0 spiro atoms. The largest absolute Gasteiger partial charge is 0.444 e. The Hall–Kier alpha value is -1.38. The molecule has 0 bridgehead atoms. The summed E-state index contributed by atoms with van der Waals surface area (Å²) in [4.78, 5) is 13.1. The van der Waals surface area contributed by atoms with Gasteiger partial charge in [0, 0.05) is 13.1 Å². The molecule has 0 saturated carbocycles. The summed E-state index contributed by atoms with van der Waals surface area (Å²) in [6.07, 6.45) is -3.22. The highest BCUT2D eigenvalue weighted by molar-refractivity contribution is 5.68. The van der Waals surface area contributed by atoms with Gasteiger partial charge in [0.25, 0.3) is 6.43 Å². The monoisotopic (exact) mass is 260 g/mol. The lowest BCUT2D eigenvalue weighted by molar-refractivity contribution is -0.0231. The number of amides is 1. The van der Waals surface area contributed by atoms with Crippen LogP contribution in [0.4, 0.5) is 13.6 Å². The molecule has 1 rings (SSSR count). The van der Waals surface area contributed by atoms with E-state index in [4.69, 9.17) is 10.00 Å². The van der Waals surface area contributed by atoms with Crippen molar-refractivity contribution >= 4 is 6.09 Å². The molecule has 0 atom stereocenters. The number of halogens is 2. The molecule has 1 fully saturated rings. The average Bonchev–Trinajstić information content (AvgIpc) is 2.26. The van der Waals surface area contributed by atoms with E-state index in [1.165, 1.54) is 4.90 Å². The van der Waals surface area contributed by atoms with E-state index >= 15 is 0 Å². The van der Waals surface area contributed by atoms with Gasteiger partial charge in [0.1, 0.15) is 11.0 Å². The van der Waals surface area contributed by atoms with Gasteiger partial charge < -0.3 is 9.64 Å². The third kappa shape index (κ3) is 3.31. The standard InChI is InChI=1S/C12H18F2N2O2/c1-11(2,3)18-10(17)16-6-4-12(8-15,5-7-16)9(13)14/h9H,4-7H2,1-3H3. The minimum atomic E-state index is -2.68. The zero-order chi connectivity index (χ0) is 14.0. The molecule has 0 aromatic heterocycles. The third-order valence-corrected chi connectivity index (χ3v) is 2.95. The van der Waals surface area contributed by atoms with Gasteiger partial charge in [-0.2, -0.15) is 5.26 Å². The van der Waals surface area contributed by atoms with E-state index in [1.54, 1.807) is 26.8 Å². The van der Waals surface area contributed by atoms with Crippen molar-refractivity contribution in [3.05, 3.63) is 0 Å². The van der Waals surface area contributed by atoms with Gasteiger partial charge in [-0.25, -0.2) is 13.6 Å². The number of ether oxygens (including phenoxy) is 1. The summed E-state index contributed by atoms with van der Waals surface area (Å²) < 4.78 is 30.8. The summed E-state index contributed by atoms with van der Waals surface area (Å²) in [5.74, 6) is 0. The van der Waals surface area contributed by atoms with Gasteiger partial charge >= 0.3 is 6.09 Å². The molecule has 0 unspecified atom stereocenters. The molecule has 0 N–H and O–H groups in total. The van der Waals surface area contributed by atoms with Crippen LogP contribution >= 0.6 is 0 Å². The summed E-state index contributed by atoms with van der Waals surface area (Å²) in [6.45, 7) is 5.49. The number of carbonyl (C=O) groups excluding carboxylic acids is 1. The fraction of sp³-hybridized carbons (Fsp3) is 0.833. The molecule has 1 aliphatic rings. The molecule has 0 aromatic carbocycles. The molecule has 0 aromatic rings. The summed E-state index contributed by atoms with van der Waals surface area (Å²) >= 11 is 0. The summed E-state index contributed by atoms with van der Waals surface area (Å²) in [5, 5.41) is 8.86. The number of likely N-dealkylation sites (tertiary alicyclic amines) is 1. The molecule has 1 aliphatic heterocycles. The maximum Gasteiger partial charge on any atom is 0.410 e. The number of hydrogen-bond acceptors (Lipinski definition) is 3. The van der Waals surface area contributed by atoms with Crippen LogP contribution in [0, 0.1) is 16.7 Å². The molecule has 102 valence electrons. The van der Waals surface area contributed by atoms with Crippen molar-refractivity contribution in [3.8, 4) is 6.07 Å². The second-order valence-electron chi connectivity index (χ2n) is 5.54. The van der Waals surface area contributed by atoms with Crippen molar-refractivity contribution in [2.75, 3.05) is 13.1 Å². The third-order valence-electron chi connectivity index (χ3n) is 2.95. The first-order chi connectivity index (χ1) is 8.20. The van der Waals surface area contributed by atoms with Crippen molar-refractivity contribution in [3.63, 3.8) is 0 Å². The van der Waals surface area contributed by atoms with Gasteiger partial charge in [0.2, 0.25) is 0 Å². The molecule has 1 heterocycles. The Kier molecular flexibility index (Phi) is 4.15. The van der Waals surface area contributed by atoms with Crippen LogP contribution in [0.15, 0.2) is 0 Å². The molecule has 6 heteroatoms. The molecule has 0 radical (unpaired) electrons. The minimum Gasteiger partial charge on any atom is -0.444 e. The lowest BCUT2D eigenvalue weighted by atomic mass is 9.80. The fourth-order valence-corrected chi connectivity index (χ4v) is 1.79. The van der Waals surface area contributed by atoms with Crippen molar-refractivity contribution in [2.24, 2.45) is 5.41 Å². The maximum absolute atomic E-state index is 12.8. The highest BCUT2D eigenvalue weighted by Gasteiger charge is 2.44. The average molecular weight is 260 g/mol. The molecule has 18 heavy (non-hydrogen) atoms. The van der Waals surface area contributed by atoms with Crippen LogP contribution in [-0.4, -0.2) is 36.1 Å². The number of piperidine rings is 1. The van der Waals surface area contributed by atoms with Gasteiger partial charge in [-0.3, -0.25) is 0 Å². The van der Waals surface area contributed by atoms with Crippen LogP contribution in [0.3, 0.4) is 0 Å². The fourth-order valence-electron chi connectivity index (χ4n) is 1.79. The molecule has 1 amide bonds. The number of nitrogens with zero attached hydrogens (tertiary/aromatic N) is 2. The number of alkyl halides is 2. The second kappa shape index (κ2) is 5.09. The topological polar surface area (TPSA) is 53.3 Å². The zero-order valence-corrected chi connectivity index (χ0v) is 10.9. The Bertz CT molecular complexity index is 350. The Morgan fingerprint density at radius 3 is 2.22 bits per heavy atom. The Morgan fingerprint density at radius 2 is 1.89 bits per heavy atom. The van der Waals surface area contributed by atoms with Crippen molar-refractivity contribution in [1.82, 2.24) is 4.90 Å². The van der Waals surface area contributed by atoms with Crippen molar-refractivity contribution < 1.29 is 18.3 Å².